The highest BCUT2D eigenvalue weighted by Gasteiger charge is 2.60. The number of hydrogen-bond acceptors (Lipinski definition) is 3. The first-order chi connectivity index (χ1) is 15.1. The first-order valence-corrected chi connectivity index (χ1v) is 10.4. The SMILES string of the molecule is NC1(c2ccccc2)OC(c2ccccc2)=C(c2ccccc2)C1(N)c1ccccc1. The van der Waals surface area contributed by atoms with Gasteiger partial charge in [-0.25, -0.2) is 0 Å². The lowest BCUT2D eigenvalue weighted by molar-refractivity contribution is 0.00787. The van der Waals surface area contributed by atoms with Gasteiger partial charge >= 0.3 is 0 Å². The van der Waals surface area contributed by atoms with Gasteiger partial charge in [-0.1, -0.05) is 121 Å². The van der Waals surface area contributed by atoms with Crippen LogP contribution < -0.4 is 11.5 Å². The van der Waals surface area contributed by atoms with Crippen LogP contribution in [0.2, 0.25) is 0 Å². The minimum atomic E-state index is -1.30. The van der Waals surface area contributed by atoms with Gasteiger partial charge in [0, 0.05) is 16.7 Å². The molecular formula is C28H24N2O. The molecule has 2 atom stereocenters. The van der Waals surface area contributed by atoms with Gasteiger partial charge in [-0.3, -0.25) is 5.73 Å². The minimum Gasteiger partial charge on any atom is -0.465 e. The maximum atomic E-state index is 7.39. The molecule has 0 saturated carbocycles. The van der Waals surface area contributed by atoms with Gasteiger partial charge in [0.05, 0.1) is 0 Å². The summed E-state index contributed by atoms with van der Waals surface area (Å²) in [4.78, 5) is 0. The third-order valence-electron chi connectivity index (χ3n) is 6.00. The Bertz CT molecular complexity index is 1210. The van der Waals surface area contributed by atoms with Gasteiger partial charge in [0.2, 0.25) is 5.72 Å². The summed E-state index contributed by atoms with van der Waals surface area (Å²) in [5, 5.41) is 0. The van der Waals surface area contributed by atoms with Crippen molar-refractivity contribution in [3.63, 3.8) is 0 Å². The molecule has 5 rings (SSSR count). The summed E-state index contributed by atoms with van der Waals surface area (Å²) in [6, 6.07) is 40.0. The molecule has 0 saturated heterocycles. The lowest BCUT2D eigenvalue weighted by Crippen LogP contribution is -2.59. The largest absolute Gasteiger partial charge is 0.465 e. The molecule has 1 aliphatic heterocycles. The zero-order valence-corrected chi connectivity index (χ0v) is 17.1. The number of benzene rings is 4. The average Bonchev–Trinajstić information content (AvgIpc) is 3.10. The van der Waals surface area contributed by atoms with Crippen molar-refractivity contribution >= 4 is 11.3 Å². The second-order valence-corrected chi connectivity index (χ2v) is 7.81. The van der Waals surface area contributed by atoms with E-state index in [1.165, 1.54) is 0 Å². The van der Waals surface area contributed by atoms with Crippen LogP contribution in [0.1, 0.15) is 22.3 Å². The Kier molecular flexibility index (Phi) is 4.70. The van der Waals surface area contributed by atoms with Crippen molar-refractivity contribution in [2.75, 3.05) is 0 Å². The van der Waals surface area contributed by atoms with E-state index in [2.05, 4.69) is 12.1 Å². The summed E-state index contributed by atoms with van der Waals surface area (Å²) in [6.45, 7) is 0. The summed E-state index contributed by atoms with van der Waals surface area (Å²) >= 11 is 0. The van der Waals surface area contributed by atoms with Gasteiger partial charge in [0.1, 0.15) is 11.3 Å². The van der Waals surface area contributed by atoms with Crippen molar-refractivity contribution in [1.82, 2.24) is 0 Å². The second kappa shape index (κ2) is 7.55. The van der Waals surface area contributed by atoms with E-state index >= 15 is 0 Å². The number of nitrogens with two attached hydrogens (primary N) is 2. The van der Waals surface area contributed by atoms with Gasteiger partial charge in [-0.2, -0.15) is 0 Å². The maximum absolute atomic E-state index is 7.39. The molecule has 0 amide bonds. The summed E-state index contributed by atoms with van der Waals surface area (Å²) in [5.41, 5.74) is 16.6. The summed E-state index contributed by atoms with van der Waals surface area (Å²) < 4.78 is 6.69. The van der Waals surface area contributed by atoms with Crippen molar-refractivity contribution in [2.24, 2.45) is 11.5 Å². The molecule has 31 heavy (non-hydrogen) atoms. The fourth-order valence-electron chi connectivity index (χ4n) is 4.45. The van der Waals surface area contributed by atoms with E-state index in [9.17, 15) is 0 Å². The molecule has 0 radical (unpaired) electrons. The molecule has 3 nitrogen and oxygen atoms in total. The Balaban J connectivity index is 1.86. The maximum Gasteiger partial charge on any atom is 0.211 e. The molecule has 1 aliphatic rings. The fourth-order valence-corrected chi connectivity index (χ4v) is 4.45. The van der Waals surface area contributed by atoms with Crippen LogP contribution in [0.3, 0.4) is 0 Å². The molecule has 0 aromatic heterocycles. The number of hydrogen-bond donors (Lipinski definition) is 2. The zero-order valence-electron chi connectivity index (χ0n) is 17.1. The minimum absolute atomic E-state index is 0.699. The molecule has 152 valence electrons. The van der Waals surface area contributed by atoms with Gasteiger partial charge in [0.15, 0.2) is 0 Å². The Labute approximate surface area is 182 Å². The number of rotatable bonds is 4. The van der Waals surface area contributed by atoms with Crippen LogP contribution in [0.5, 0.6) is 0 Å². The molecule has 4 aromatic carbocycles. The molecular weight excluding hydrogens is 380 g/mol. The molecule has 4 N–H and O–H groups in total. The van der Waals surface area contributed by atoms with E-state index in [4.69, 9.17) is 16.2 Å². The van der Waals surface area contributed by atoms with Crippen molar-refractivity contribution < 1.29 is 4.74 Å². The molecule has 4 aromatic rings. The van der Waals surface area contributed by atoms with Crippen LogP contribution in [-0.4, -0.2) is 0 Å². The van der Waals surface area contributed by atoms with Crippen LogP contribution in [0, 0.1) is 0 Å². The van der Waals surface area contributed by atoms with Gasteiger partial charge in [0.25, 0.3) is 0 Å². The van der Waals surface area contributed by atoms with Crippen molar-refractivity contribution in [2.45, 2.75) is 11.3 Å². The van der Waals surface area contributed by atoms with Crippen LogP contribution in [0.15, 0.2) is 121 Å². The van der Waals surface area contributed by atoms with E-state index in [-0.39, 0.29) is 0 Å². The molecule has 0 bridgehead atoms. The number of ether oxygens (including phenoxy) is 1. The first kappa shape index (κ1) is 19.3. The van der Waals surface area contributed by atoms with E-state index in [1.807, 2.05) is 109 Å². The third kappa shape index (κ3) is 2.98. The fraction of sp³-hybridized carbons (Fsp3) is 0.0714. The van der Waals surface area contributed by atoms with Crippen molar-refractivity contribution in [3.05, 3.63) is 144 Å². The van der Waals surface area contributed by atoms with Gasteiger partial charge in [-0.05, 0) is 11.1 Å². The smallest absolute Gasteiger partial charge is 0.211 e. The molecule has 0 fully saturated rings. The highest BCUT2D eigenvalue weighted by molar-refractivity contribution is 5.96. The van der Waals surface area contributed by atoms with Crippen molar-refractivity contribution in [1.29, 1.82) is 0 Å². The highest BCUT2D eigenvalue weighted by Crippen LogP contribution is 2.56. The molecule has 0 spiro atoms. The first-order valence-electron chi connectivity index (χ1n) is 10.4. The van der Waals surface area contributed by atoms with E-state index in [0.29, 0.717) is 5.76 Å². The Morgan fingerprint density at radius 2 is 0.903 bits per heavy atom. The van der Waals surface area contributed by atoms with Gasteiger partial charge in [-0.15, -0.1) is 0 Å². The Hall–Kier alpha value is -3.66. The zero-order chi connectivity index (χ0) is 21.3. The average molecular weight is 405 g/mol. The van der Waals surface area contributed by atoms with Crippen LogP contribution in [0.4, 0.5) is 0 Å². The highest BCUT2D eigenvalue weighted by atomic mass is 16.5. The molecule has 1 heterocycles. The molecule has 2 unspecified atom stereocenters. The quantitative estimate of drug-likeness (QED) is 0.488. The van der Waals surface area contributed by atoms with Crippen LogP contribution in [0.25, 0.3) is 11.3 Å². The summed E-state index contributed by atoms with van der Waals surface area (Å²) in [6.07, 6.45) is 0. The predicted octanol–water partition coefficient (Wildman–Crippen LogP) is 5.25. The third-order valence-corrected chi connectivity index (χ3v) is 6.00. The second-order valence-electron chi connectivity index (χ2n) is 7.81. The Morgan fingerprint density at radius 1 is 0.484 bits per heavy atom. The lowest BCUT2D eigenvalue weighted by atomic mass is 9.71. The topological polar surface area (TPSA) is 61.3 Å². The molecule has 3 heteroatoms. The summed E-state index contributed by atoms with van der Waals surface area (Å²) in [5.74, 6) is 0.699. The predicted molar refractivity (Wildman–Crippen MR) is 125 cm³/mol. The van der Waals surface area contributed by atoms with E-state index in [1.54, 1.807) is 0 Å². The normalized spacial score (nSPS) is 22.9. The van der Waals surface area contributed by atoms with Crippen LogP contribution >= 0.6 is 0 Å². The standard InChI is InChI=1S/C28H24N2O/c29-27(23-17-9-3-10-18-23)25(21-13-5-1-6-14-21)26(22-15-7-2-8-16-22)31-28(27,30)24-19-11-4-12-20-24/h1-20H,29-30H2. The lowest BCUT2D eigenvalue weighted by Gasteiger charge is -2.41. The van der Waals surface area contributed by atoms with Crippen LogP contribution in [-0.2, 0) is 16.0 Å². The molecule has 0 aliphatic carbocycles. The van der Waals surface area contributed by atoms with Crippen molar-refractivity contribution in [3.8, 4) is 0 Å². The monoisotopic (exact) mass is 404 g/mol. The van der Waals surface area contributed by atoms with E-state index in [0.717, 1.165) is 27.8 Å². The summed E-state index contributed by atoms with van der Waals surface area (Å²) in [7, 11) is 0. The van der Waals surface area contributed by atoms with E-state index < -0.39 is 11.3 Å². The Morgan fingerprint density at radius 3 is 1.42 bits per heavy atom. The van der Waals surface area contributed by atoms with Gasteiger partial charge < -0.3 is 10.5 Å².